The molecule has 3 aliphatic rings. The van der Waals surface area contributed by atoms with E-state index in [-0.39, 0.29) is 23.7 Å². The number of rotatable bonds is 6. The van der Waals surface area contributed by atoms with E-state index in [1.165, 1.54) is 30.5 Å². The number of aryl methyl sites for hydroxylation is 1. The number of ketones is 1. The summed E-state index contributed by atoms with van der Waals surface area (Å²) in [4.78, 5) is 18.2. The third-order valence-electron chi connectivity index (χ3n) is 6.94. The number of fused-ring (bicyclic) bond motifs is 1. The van der Waals surface area contributed by atoms with Gasteiger partial charge >= 0.3 is 6.29 Å². The number of alkyl halides is 2. The van der Waals surface area contributed by atoms with Crippen LogP contribution in [0.2, 0.25) is 0 Å². The fourth-order valence-electron chi connectivity index (χ4n) is 4.75. The molecule has 0 spiro atoms. The van der Waals surface area contributed by atoms with Crippen molar-refractivity contribution in [2.24, 2.45) is 0 Å². The standard InChI is InChI=1S/C27H23F2NO3/c1-16-5-9-21(30-25(16)19-4-2-3-18(13-19)17-6-7-17)15-24(31)26(11-12-26)20-8-10-22-23(14-20)33-27(28,29)32-22/h2-5,8-10,13-14,17H,6-7,11-12,15H2,1H3. The van der Waals surface area contributed by atoms with Gasteiger partial charge in [0.25, 0.3) is 0 Å². The van der Waals surface area contributed by atoms with Crippen molar-refractivity contribution in [3.63, 3.8) is 0 Å². The quantitative estimate of drug-likeness (QED) is 0.458. The lowest BCUT2D eigenvalue weighted by Gasteiger charge is -2.16. The SMILES string of the molecule is Cc1ccc(CC(=O)C2(c3ccc4c(c3)OC(F)(F)O4)CC2)nc1-c1cccc(C2CC2)c1. The molecule has 0 radical (unpaired) electrons. The summed E-state index contributed by atoms with van der Waals surface area (Å²) in [5.74, 6) is 0.668. The first-order valence-corrected chi connectivity index (χ1v) is 11.3. The molecule has 6 heteroatoms. The first-order valence-electron chi connectivity index (χ1n) is 11.3. The van der Waals surface area contributed by atoms with Gasteiger partial charge in [-0.25, -0.2) is 0 Å². The highest BCUT2D eigenvalue weighted by Gasteiger charge is 2.52. The minimum atomic E-state index is -3.67. The maximum absolute atomic E-state index is 13.4. The first-order chi connectivity index (χ1) is 15.8. The van der Waals surface area contributed by atoms with E-state index in [2.05, 4.69) is 33.7 Å². The molecule has 0 N–H and O–H groups in total. The zero-order valence-electron chi connectivity index (χ0n) is 18.2. The van der Waals surface area contributed by atoms with Crippen LogP contribution in [0.25, 0.3) is 11.3 Å². The Morgan fingerprint density at radius 1 is 1.03 bits per heavy atom. The van der Waals surface area contributed by atoms with Crippen molar-refractivity contribution in [3.8, 4) is 22.8 Å². The summed E-state index contributed by atoms with van der Waals surface area (Å²) < 4.78 is 35.8. The minimum absolute atomic E-state index is 0.00901. The molecule has 0 atom stereocenters. The highest BCUT2D eigenvalue weighted by Crippen LogP contribution is 2.52. The molecule has 33 heavy (non-hydrogen) atoms. The zero-order chi connectivity index (χ0) is 22.8. The highest BCUT2D eigenvalue weighted by molar-refractivity contribution is 5.94. The Balaban J connectivity index is 1.25. The summed E-state index contributed by atoms with van der Waals surface area (Å²) in [6, 6.07) is 17.1. The number of carbonyl (C=O) groups excluding carboxylic acids is 1. The molecule has 2 saturated carbocycles. The van der Waals surface area contributed by atoms with Crippen molar-refractivity contribution in [1.29, 1.82) is 0 Å². The van der Waals surface area contributed by atoms with Crippen molar-refractivity contribution in [1.82, 2.24) is 4.98 Å². The molecule has 168 valence electrons. The molecule has 2 aromatic carbocycles. The van der Waals surface area contributed by atoms with Crippen molar-refractivity contribution in [3.05, 3.63) is 77.0 Å². The molecule has 0 amide bonds. The van der Waals surface area contributed by atoms with Crippen LogP contribution in [0.4, 0.5) is 8.78 Å². The number of benzene rings is 2. The summed E-state index contributed by atoms with van der Waals surface area (Å²) in [7, 11) is 0. The van der Waals surface area contributed by atoms with E-state index in [1.54, 1.807) is 6.07 Å². The number of Topliss-reactive ketones (excluding diaryl/α,β-unsaturated/α-hetero) is 1. The average Bonchev–Trinajstić information content (AvgIpc) is 3.70. The molecule has 0 saturated heterocycles. The molecule has 0 unspecified atom stereocenters. The predicted octanol–water partition coefficient (Wildman–Crippen LogP) is 6.10. The Morgan fingerprint density at radius 2 is 1.82 bits per heavy atom. The highest BCUT2D eigenvalue weighted by atomic mass is 19.3. The van der Waals surface area contributed by atoms with Crippen LogP contribution >= 0.6 is 0 Å². The number of pyridine rings is 1. The molecule has 3 aromatic rings. The van der Waals surface area contributed by atoms with Crippen LogP contribution in [0.1, 0.15) is 54.0 Å². The van der Waals surface area contributed by atoms with Gasteiger partial charge in [-0.05, 0) is 79.5 Å². The van der Waals surface area contributed by atoms with Crippen LogP contribution in [0.5, 0.6) is 11.5 Å². The number of ether oxygens (including phenoxy) is 2. The van der Waals surface area contributed by atoms with Gasteiger partial charge < -0.3 is 9.47 Å². The largest absolute Gasteiger partial charge is 0.586 e. The van der Waals surface area contributed by atoms with Crippen molar-refractivity contribution >= 4 is 5.78 Å². The second kappa shape index (κ2) is 7.11. The molecular formula is C27H23F2NO3. The third-order valence-corrected chi connectivity index (χ3v) is 6.94. The fraction of sp³-hybridized carbons (Fsp3) is 0.333. The lowest BCUT2D eigenvalue weighted by Crippen LogP contribution is -2.26. The molecule has 1 aromatic heterocycles. The van der Waals surface area contributed by atoms with Gasteiger partial charge in [0.1, 0.15) is 5.78 Å². The van der Waals surface area contributed by atoms with Crippen LogP contribution in [-0.4, -0.2) is 17.1 Å². The maximum atomic E-state index is 13.4. The summed E-state index contributed by atoms with van der Waals surface area (Å²) >= 11 is 0. The van der Waals surface area contributed by atoms with Crippen LogP contribution < -0.4 is 9.47 Å². The molecule has 0 bridgehead atoms. The topological polar surface area (TPSA) is 48.4 Å². The predicted molar refractivity (Wildman–Crippen MR) is 119 cm³/mol. The number of carbonyl (C=O) groups is 1. The monoisotopic (exact) mass is 447 g/mol. The normalized spacial score (nSPS) is 19.4. The lowest BCUT2D eigenvalue weighted by molar-refractivity contribution is -0.286. The summed E-state index contributed by atoms with van der Waals surface area (Å²) in [5, 5.41) is 0. The zero-order valence-corrected chi connectivity index (χ0v) is 18.2. The Kier molecular flexibility index (Phi) is 4.38. The van der Waals surface area contributed by atoms with Gasteiger partial charge in [0.2, 0.25) is 0 Å². The molecule has 2 aliphatic carbocycles. The second-order valence-electron chi connectivity index (χ2n) is 9.38. The number of aromatic nitrogens is 1. The summed E-state index contributed by atoms with van der Waals surface area (Å²) in [6.45, 7) is 2.03. The molecule has 2 fully saturated rings. The Bertz CT molecular complexity index is 1280. The molecule has 4 nitrogen and oxygen atoms in total. The van der Waals surface area contributed by atoms with Gasteiger partial charge in [0.05, 0.1) is 11.1 Å². The van der Waals surface area contributed by atoms with Crippen LogP contribution in [-0.2, 0) is 16.6 Å². The number of nitrogens with zero attached hydrogens (tertiary/aromatic N) is 1. The van der Waals surface area contributed by atoms with Crippen molar-refractivity contribution in [2.45, 2.75) is 56.7 Å². The summed E-state index contributed by atoms with van der Waals surface area (Å²) in [5.41, 5.74) is 5.13. The summed E-state index contributed by atoms with van der Waals surface area (Å²) in [6.07, 6.45) is 0.378. The van der Waals surface area contributed by atoms with Gasteiger partial charge in [0, 0.05) is 17.7 Å². The van der Waals surface area contributed by atoms with Crippen LogP contribution in [0.15, 0.2) is 54.6 Å². The second-order valence-corrected chi connectivity index (χ2v) is 9.38. The van der Waals surface area contributed by atoms with E-state index in [1.807, 2.05) is 19.1 Å². The van der Waals surface area contributed by atoms with Gasteiger partial charge in [0.15, 0.2) is 11.5 Å². The van der Waals surface area contributed by atoms with E-state index < -0.39 is 11.7 Å². The third kappa shape index (κ3) is 3.67. The van der Waals surface area contributed by atoms with Crippen molar-refractivity contribution < 1.29 is 23.0 Å². The smallest absolute Gasteiger partial charge is 0.395 e. The van der Waals surface area contributed by atoms with E-state index in [4.69, 9.17) is 4.98 Å². The average molecular weight is 447 g/mol. The lowest BCUT2D eigenvalue weighted by atomic mass is 9.88. The minimum Gasteiger partial charge on any atom is -0.395 e. The number of halogens is 2. The number of hydrogen-bond acceptors (Lipinski definition) is 4. The van der Waals surface area contributed by atoms with Gasteiger partial charge in [-0.1, -0.05) is 30.3 Å². The van der Waals surface area contributed by atoms with Gasteiger partial charge in [-0.15, -0.1) is 8.78 Å². The molecule has 6 rings (SSSR count). The molecule has 1 aliphatic heterocycles. The first kappa shape index (κ1) is 20.3. The molecular weight excluding hydrogens is 424 g/mol. The Labute approximate surface area is 190 Å². The number of hydrogen-bond donors (Lipinski definition) is 0. The fourth-order valence-corrected chi connectivity index (χ4v) is 4.75. The maximum Gasteiger partial charge on any atom is 0.586 e. The van der Waals surface area contributed by atoms with E-state index in [0.29, 0.717) is 24.3 Å². The van der Waals surface area contributed by atoms with Crippen molar-refractivity contribution in [2.75, 3.05) is 0 Å². The van der Waals surface area contributed by atoms with E-state index in [9.17, 15) is 13.6 Å². The Morgan fingerprint density at radius 3 is 2.58 bits per heavy atom. The Hall–Kier alpha value is -3.28. The molecule has 2 heterocycles. The van der Waals surface area contributed by atoms with Gasteiger partial charge in [-0.3, -0.25) is 9.78 Å². The van der Waals surface area contributed by atoms with E-state index >= 15 is 0 Å². The van der Waals surface area contributed by atoms with Crippen LogP contribution in [0.3, 0.4) is 0 Å². The van der Waals surface area contributed by atoms with Crippen LogP contribution in [0, 0.1) is 6.92 Å². The van der Waals surface area contributed by atoms with Gasteiger partial charge in [-0.2, -0.15) is 0 Å². The van der Waals surface area contributed by atoms with E-state index in [0.717, 1.165) is 22.5 Å².